The first kappa shape index (κ1) is 11.2. The largest absolute Gasteiger partial charge is 0.350 e. The molecule has 14 heavy (non-hydrogen) atoms. The van der Waals surface area contributed by atoms with E-state index < -0.39 is 0 Å². The molecule has 0 heterocycles. The van der Waals surface area contributed by atoms with Crippen molar-refractivity contribution in [2.75, 3.05) is 5.32 Å². The van der Waals surface area contributed by atoms with Gasteiger partial charge in [-0.1, -0.05) is 44.3 Å². The minimum atomic E-state index is 0.670. The molecule has 0 bridgehead atoms. The molecule has 2 heteroatoms. The lowest BCUT2D eigenvalue weighted by atomic mass is 10.0. The minimum Gasteiger partial charge on any atom is -0.350 e. The average Bonchev–Trinajstić information content (AvgIpc) is 2.06. The Balaban J connectivity index is 2.85. The van der Waals surface area contributed by atoms with Crippen LogP contribution in [-0.4, -0.2) is 4.99 Å². The van der Waals surface area contributed by atoms with E-state index in [0.29, 0.717) is 5.92 Å². The maximum Gasteiger partial charge on any atom is 0.0765 e. The minimum absolute atomic E-state index is 0.670. The van der Waals surface area contributed by atoms with Crippen molar-refractivity contribution in [3.8, 4) is 0 Å². The molecule has 0 unspecified atom stereocenters. The number of hydrogen-bond acceptors (Lipinski definition) is 1. The Hall–Kier alpha value is -0.890. The summed E-state index contributed by atoms with van der Waals surface area (Å²) in [6.07, 6.45) is 1.09. The van der Waals surface area contributed by atoms with E-state index in [1.165, 1.54) is 5.56 Å². The summed E-state index contributed by atoms with van der Waals surface area (Å²) in [5.41, 5.74) is 2.49. The first-order chi connectivity index (χ1) is 6.59. The standard InChI is InChI=1S/C12H17NS/c1-9(2)8-11-6-4-5-7-12(11)13-10(3)14/h4-7,9H,8H2,1-3H3,(H,13,14). The number of para-hydroxylation sites is 1. The number of hydrogen-bond donors (Lipinski definition) is 1. The van der Waals surface area contributed by atoms with Crippen LogP contribution in [0.1, 0.15) is 26.3 Å². The van der Waals surface area contributed by atoms with Crippen LogP contribution in [-0.2, 0) is 6.42 Å². The molecule has 0 aliphatic rings. The van der Waals surface area contributed by atoms with Gasteiger partial charge in [0.25, 0.3) is 0 Å². The van der Waals surface area contributed by atoms with E-state index in [4.69, 9.17) is 12.2 Å². The van der Waals surface area contributed by atoms with E-state index in [9.17, 15) is 0 Å². The number of anilines is 1. The lowest BCUT2D eigenvalue weighted by molar-refractivity contribution is 0.648. The van der Waals surface area contributed by atoms with Gasteiger partial charge in [0.05, 0.1) is 4.99 Å². The summed E-state index contributed by atoms with van der Waals surface area (Å²) in [5.74, 6) is 0.670. The van der Waals surface area contributed by atoms with Gasteiger partial charge in [0.2, 0.25) is 0 Å². The number of nitrogens with one attached hydrogen (secondary N) is 1. The molecule has 0 aliphatic carbocycles. The molecule has 0 radical (unpaired) electrons. The highest BCUT2D eigenvalue weighted by Crippen LogP contribution is 2.18. The quantitative estimate of drug-likeness (QED) is 0.759. The van der Waals surface area contributed by atoms with E-state index in [-0.39, 0.29) is 0 Å². The summed E-state index contributed by atoms with van der Waals surface area (Å²) in [4.78, 5) is 0.821. The highest BCUT2D eigenvalue weighted by atomic mass is 32.1. The highest BCUT2D eigenvalue weighted by Gasteiger charge is 2.03. The summed E-state index contributed by atoms with van der Waals surface area (Å²) in [7, 11) is 0. The van der Waals surface area contributed by atoms with E-state index in [1.54, 1.807) is 0 Å². The van der Waals surface area contributed by atoms with Gasteiger partial charge in [0.15, 0.2) is 0 Å². The molecule has 0 spiro atoms. The first-order valence-electron chi connectivity index (χ1n) is 4.95. The molecule has 76 valence electrons. The summed E-state index contributed by atoms with van der Waals surface area (Å²) in [5, 5.41) is 3.21. The Labute approximate surface area is 91.5 Å². The summed E-state index contributed by atoms with van der Waals surface area (Å²) in [6, 6.07) is 8.33. The van der Waals surface area contributed by atoms with Crippen molar-refractivity contribution in [1.29, 1.82) is 0 Å². The molecule has 1 aromatic carbocycles. The van der Waals surface area contributed by atoms with Gasteiger partial charge in [0.1, 0.15) is 0 Å². The Morgan fingerprint density at radius 2 is 2.00 bits per heavy atom. The van der Waals surface area contributed by atoms with Crippen LogP contribution in [0.3, 0.4) is 0 Å². The van der Waals surface area contributed by atoms with Gasteiger partial charge in [-0.15, -0.1) is 0 Å². The van der Waals surface area contributed by atoms with Crippen LogP contribution in [0.4, 0.5) is 5.69 Å². The monoisotopic (exact) mass is 207 g/mol. The molecular formula is C12H17NS. The fraction of sp³-hybridized carbons (Fsp3) is 0.417. The maximum atomic E-state index is 5.04. The van der Waals surface area contributed by atoms with Crippen LogP contribution in [0.25, 0.3) is 0 Å². The van der Waals surface area contributed by atoms with Crippen LogP contribution in [0.15, 0.2) is 24.3 Å². The second-order valence-corrected chi connectivity index (χ2v) is 4.55. The lowest BCUT2D eigenvalue weighted by Gasteiger charge is -2.12. The van der Waals surface area contributed by atoms with Gasteiger partial charge in [-0.3, -0.25) is 0 Å². The predicted molar refractivity (Wildman–Crippen MR) is 66.9 cm³/mol. The molecule has 0 fully saturated rings. The Bertz CT molecular complexity index is 318. The number of thiocarbonyl (C=S) groups is 1. The van der Waals surface area contributed by atoms with E-state index >= 15 is 0 Å². The van der Waals surface area contributed by atoms with E-state index in [2.05, 4.69) is 37.4 Å². The molecule has 1 rings (SSSR count). The predicted octanol–water partition coefficient (Wildman–Crippen LogP) is 3.64. The molecular weight excluding hydrogens is 190 g/mol. The van der Waals surface area contributed by atoms with Gasteiger partial charge in [0, 0.05) is 5.69 Å². The van der Waals surface area contributed by atoms with Crippen LogP contribution in [0, 0.1) is 5.92 Å². The number of rotatable bonds is 3. The zero-order valence-corrected chi connectivity index (χ0v) is 9.82. The van der Waals surface area contributed by atoms with Crippen molar-refractivity contribution < 1.29 is 0 Å². The van der Waals surface area contributed by atoms with Crippen molar-refractivity contribution in [2.45, 2.75) is 27.2 Å². The Morgan fingerprint density at radius 3 is 2.57 bits per heavy atom. The molecule has 1 N–H and O–H groups in total. The van der Waals surface area contributed by atoms with Gasteiger partial charge < -0.3 is 5.32 Å². The fourth-order valence-corrected chi connectivity index (χ4v) is 1.56. The van der Waals surface area contributed by atoms with Crippen LogP contribution in [0.5, 0.6) is 0 Å². The van der Waals surface area contributed by atoms with Gasteiger partial charge in [-0.25, -0.2) is 0 Å². The third-order valence-electron chi connectivity index (χ3n) is 1.96. The van der Waals surface area contributed by atoms with Crippen molar-refractivity contribution in [1.82, 2.24) is 0 Å². The zero-order chi connectivity index (χ0) is 10.6. The van der Waals surface area contributed by atoms with Gasteiger partial charge in [-0.2, -0.15) is 0 Å². The Morgan fingerprint density at radius 1 is 1.36 bits per heavy atom. The van der Waals surface area contributed by atoms with Crippen molar-refractivity contribution in [3.63, 3.8) is 0 Å². The molecule has 1 nitrogen and oxygen atoms in total. The number of benzene rings is 1. The van der Waals surface area contributed by atoms with Crippen LogP contribution in [0.2, 0.25) is 0 Å². The van der Waals surface area contributed by atoms with Gasteiger partial charge in [-0.05, 0) is 30.9 Å². The first-order valence-corrected chi connectivity index (χ1v) is 5.36. The van der Waals surface area contributed by atoms with Crippen LogP contribution < -0.4 is 5.32 Å². The van der Waals surface area contributed by atoms with E-state index in [1.807, 2.05) is 13.0 Å². The van der Waals surface area contributed by atoms with Crippen LogP contribution >= 0.6 is 12.2 Å². The topological polar surface area (TPSA) is 12.0 Å². The second kappa shape index (κ2) is 5.11. The SMILES string of the molecule is CC(=S)Nc1ccccc1CC(C)C. The van der Waals surface area contributed by atoms with Crippen molar-refractivity contribution >= 4 is 22.9 Å². The molecule has 0 amide bonds. The zero-order valence-electron chi connectivity index (χ0n) is 9.00. The maximum absolute atomic E-state index is 5.04. The molecule has 0 aromatic heterocycles. The highest BCUT2D eigenvalue weighted by molar-refractivity contribution is 7.80. The average molecular weight is 207 g/mol. The molecule has 0 atom stereocenters. The fourth-order valence-electron chi connectivity index (χ4n) is 1.45. The Kier molecular flexibility index (Phi) is 4.08. The molecule has 0 saturated carbocycles. The third kappa shape index (κ3) is 3.46. The van der Waals surface area contributed by atoms with Crippen molar-refractivity contribution in [3.05, 3.63) is 29.8 Å². The molecule has 1 aromatic rings. The lowest BCUT2D eigenvalue weighted by Crippen LogP contribution is -2.07. The molecule has 0 saturated heterocycles. The summed E-state index contributed by atoms with van der Waals surface area (Å²) < 4.78 is 0. The third-order valence-corrected chi connectivity index (χ3v) is 2.06. The normalized spacial score (nSPS) is 10.3. The molecule has 0 aliphatic heterocycles. The van der Waals surface area contributed by atoms with Crippen molar-refractivity contribution in [2.24, 2.45) is 5.92 Å². The second-order valence-electron chi connectivity index (χ2n) is 3.94. The summed E-state index contributed by atoms with van der Waals surface area (Å²) in [6.45, 7) is 6.35. The smallest absolute Gasteiger partial charge is 0.0765 e. The summed E-state index contributed by atoms with van der Waals surface area (Å²) >= 11 is 5.04. The van der Waals surface area contributed by atoms with E-state index in [0.717, 1.165) is 17.1 Å². The van der Waals surface area contributed by atoms with Gasteiger partial charge >= 0.3 is 0 Å².